The number of rotatable bonds is 7. The predicted octanol–water partition coefficient (Wildman–Crippen LogP) is 3.48. The number of fused-ring (bicyclic) bond motifs is 1. The van der Waals surface area contributed by atoms with E-state index in [1.807, 2.05) is 37.8 Å². The van der Waals surface area contributed by atoms with Crippen molar-refractivity contribution in [2.24, 2.45) is 0 Å². The van der Waals surface area contributed by atoms with Gasteiger partial charge in [0.25, 0.3) is 5.91 Å². The van der Waals surface area contributed by atoms with Gasteiger partial charge in [0.15, 0.2) is 11.5 Å². The molecule has 27 heavy (non-hydrogen) atoms. The van der Waals surface area contributed by atoms with Crippen molar-refractivity contribution in [1.29, 1.82) is 0 Å². The van der Waals surface area contributed by atoms with Crippen LogP contribution in [0, 0.1) is 0 Å². The highest BCUT2D eigenvalue weighted by atomic mass is 16.5. The Balaban J connectivity index is 1.77. The van der Waals surface area contributed by atoms with Gasteiger partial charge in [-0.2, -0.15) is 0 Å². The van der Waals surface area contributed by atoms with Crippen molar-refractivity contribution in [3.8, 4) is 17.4 Å². The summed E-state index contributed by atoms with van der Waals surface area (Å²) in [6, 6.07) is 9.22. The number of pyridine rings is 1. The van der Waals surface area contributed by atoms with Crippen LogP contribution in [-0.2, 0) is 13.0 Å². The van der Waals surface area contributed by atoms with E-state index in [0.717, 1.165) is 17.7 Å². The normalized spacial score (nSPS) is 13.1. The van der Waals surface area contributed by atoms with E-state index in [9.17, 15) is 4.79 Å². The van der Waals surface area contributed by atoms with E-state index < -0.39 is 0 Å². The van der Waals surface area contributed by atoms with Crippen LogP contribution >= 0.6 is 0 Å². The molecule has 1 amide bonds. The first kappa shape index (κ1) is 19.0. The molecule has 2 aromatic rings. The fraction of sp³-hybridized carbons (Fsp3) is 0.429. The van der Waals surface area contributed by atoms with Gasteiger partial charge in [0.1, 0.15) is 0 Å². The molecule has 2 heterocycles. The molecule has 144 valence electrons. The van der Waals surface area contributed by atoms with Gasteiger partial charge in [-0.15, -0.1) is 0 Å². The maximum Gasteiger partial charge on any atom is 0.254 e. The molecule has 1 aromatic heterocycles. The largest absolute Gasteiger partial charge is 0.490 e. The Hall–Kier alpha value is -2.76. The predicted molar refractivity (Wildman–Crippen MR) is 103 cm³/mol. The van der Waals surface area contributed by atoms with E-state index in [2.05, 4.69) is 4.98 Å². The van der Waals surface area contributed by atoms with Gasteiger partial charge in [-0.1, -0.05) is 6.07 Å². The van der Waals surface area contributed by atoms with Crippen molar-refractivity contribution in [2.75, 3.05) is 26.4 Å². The molecule has 1 aromatic carbocycles. The monoisotopic (exact) mass is 370 g/mol. The summed E-state index contributed by atoms with van der Waals surface area (Å²) in [5.41, 5.74) is 2.67. The molecule has 0 saturated carbocycles. The van der Waals surface area contributed by atoms with E-state index in [1.54, 1.807) is 18.2 Å². The van der Waals surface area contributed by atoms with Gasteiger partial charge >= 0.3 is 0 Å². The molecule has 1 aliphatic heterocycles. The number of aromatic nitrogens is 1. The van der Waals surface area contributed by atoms with Crippen LogP contribution < -0.4 is 14.2 Å². The first-order valence-electron chi connectivity index (χ1n) is 9.46. The van der Waals surface area contributed by atoms with Gasteiger partial charge in [-0.3, -0.25) is 4.79 Å². The van der Waals surface area contributed by atoms with E-state index in [-0.39, 0.29) is 5.91 Å². The first-order valence-corrected chi connectivity index (χ1v) is 9.46. The molecule has 0 atom stereocenters. The summed E-state index contributed by atoms with van der Waals surface area (Å²) in [6.45, 7) is 8.61. The van der Waals surface area contributed by atoms with Crippen LogP contribution in [0.15, 0.2) is 30.3 Å². The third kappa shape index (κ3) is 4.32. The zero-order chi connectivity index (χ0) is 19.2. The molecule has 1 aliphatic rings. The van der Waals surface area contributed by atoms with Gasteiger partial charge < -0.3 is 19.1 Å². The zero-order valence-corrected chi connectivity index (χ0v) is 16.2. The van der Waals surface area contributed by atoms with Crippen molar-refractivity contribution < 1.29 is 19.0 Å². The van der Waals surface area contributed by atoms with Crippen LogP contribution in [-0.4, -0.2) is 42.2 Å². The smallest absolute Gasteiger partial charge is 0.254 e. The summed E-state index contributed by atoms with van der Waals surface area (Å²) >= 11 is 0. The second kappa shape index (κ2) is 8.75. The van der Waals surface area contributed by atoms with Crippen LogP contribution in [0.4, 0.5) is 0 Å². The summed E-state index contributed by atoms with van der Waals surface area (Å²) in [5, 5.41) is 0. The van der Waals surface area contributed by atoms with Crippen LogP contribution in [0.5, 0.6) is 17.4 Å². The third-order valence-corrected chi connectivity index (χ3v) is 4.39. The number of ether oxygens (including phenoxy) is 3. The standard InChI is InChI=1S/C21H26N2O4/c1-4-25-18-9-7-15(13-19(18)26-5-2)21(24)23-12-11-17-16(14-23)8-10-20(22-17)27-6-3/h7-10,13H,4-6,11-12,14H2,1-3H3. The maximum atomic E-state index is 13.0. The van der Waals surface area contributed by atoms with Gasteiger partial charge in [0.05, 0.1) is 25.5 Å². The molecule has 0 unspecified atom stereocenters. The Morgan fingerprint density at radius 2 is 1.74 bits per heavy atom. The van der Waals surface area contributed by atoms with E-state index in [1.165, 1.54) is 0 Å². The Labute approximate surface area is 160 Å². The molecule has 0 spiro atoms. The zero-order valence-electron chi connectivity index (χ0n) is 16.2. The van der Waals surface area contributed by atoms with Crippen molar-refractivity contribution >= 4 is 5.91 Å². The summed E-state index contributed by atoms with van der Waals surface area (Å²) in [7, 11) is 0. The minimum absolute atomic E-state index is 0.0152. The molecule has 0 bridgehead atoms. The van der Waals surface area contributed by atoms with Crippen LogP contribution in [0.25, 0.3) is 0 Å². The molecule has 6 heteroatoms. The molecular weight excluding hydrogens is 344 g/mol. The number of hydrogen-bond acceptors (Lipinski definition) is 5. The summed E-state index contributed by atoms with van der Waals surface area (Å²) in [4.78, 5) is 19.4. The van der Waals surface area contributed by atoms with Gasteiger partial charge in [-0.25, -0.2) is 4.98 Å². The van der Waals surface area contributed by atoms with E-state index in [4.69, 9.17) is 14.2 Å². The van der Waals surface area contributed by atoms with Gasteiger partial charge in [0, 0.05) is 31.1 Å². The SMILES string of the molecule is CCOc1ccc2c(n1)CCN(C(=O)c1ccc(OCC)c(OCC)c1)C2. The second-order valence-electron chi connectivity index (χ2n) is 6.19. The second-order valence-corrected chi connectivity index (χ2v) is 6.19. The molecule has 6 nitrogen and oxygen atoms in total. The minimum atomic E-state index is -0.0152. The molecule has 0 fully saturated rings. The molecule has 0 saturated heterocycles. The number of hydrogen-bond donors (Lipinski definition) is 0. The lowest BCUT2D eigenvalue weighted by atomic mass is 10.0. The van der Waals surface area contributed by atoms with E-state index in [0.29, 0.717) is 55.9 Å². The fourth-order valence-corrected chi connectivity index (χ4v) is 3.16. The molecule has 0 N–H and O–H groups in total. The number of amides is 1. The fourth-order valence-electron chi connectivity index (χ4n) is 3.16. The Morgan fingerprint density at radius 1 is 1.00 bits per heavy atom. The Morgan fingerprint density at radius 3 is 2.48 bits per heavy atom. The summed E-state index contributed by atoms with van der Waals surface area (Å²) in [5.74, 6) is 1.89. The van der Waals surface area contributed by atoms with Crippen molar-refractivity contribution in [3.05, 3.63) is 47.2 Å². The lowest BCUT2D eigenvalue weighted by molar-refractivity contribution is 0.0733. The Bertz CT molecular complexity index is 807. The summed E-state index contributed by atoms with van der Waals surface area (Å²) < 4.78 is 16.7. The quantitative estimate of drug-likeness (QED) is 0.747. The molecule has 3 rings (SSSR count). The number of benzene rings is 1. The molecular formula is C21H26N2O4. The topological polar surface area (TPSA) is 60.9 Å². The first-order chi connectivity index (χ1) is 13.2. The van der Waals surface area contributed by atoms with Crippen LogP contribution in [0.2, 0.25) is 0 Å². The Kier molecular flexibility index (Phi) is 6.16. The van der Waals surface area contributed by atoms with Gasteiger partial charge in [0.2, 0.25) is 5.88 Å². The summed E-state index contributed by atoms with van der Waals surface area (Å²) in [6.07, 6.45) is 0.720. The van der Waals surface area contributed by atoms with E-state index >= 15 is 0 Å². The average molecular weight is 370 g/mol. The third-order valence-electron chi connectivity index (χ3n) is 4.39. The average Bonchev–Trinajstić information content (AvgIpc) is 2.69. The van der Waals surface area contributed by atoms with Crippen LogP contribution in [0.3, 0.4) is 0 Å². The molecule has 0 aliphatic carbocycles. The van der Waals surface area contributed by atoms with Gasteiger partial charge in [-0.05, 0) is 44.5 Å². The number of carbonyl (C=O) groups excluding carboxylic acids is 1. The maximum absolute atomic E-state index is 13.0. The highest BCUT2D eigenvalue weighted by Gasteiger charge is 2.24. The van der Waals surface area contributed by atoms with Crippen molar-refractivity contribution in [2.45, 2.75) is 33.7 Å². The van der Waals surface area contributed by atoms with Crippen LogP contribution in [0.1, 0.15) is 42.4 Å². The highest BCUT2D eigenvalue weighted by molar-refractivity contribution is 5.95. The lowest BCUT2D eigenvalue weighted by Gasteiger charge is -2.28. The number of nitrogens with zero attached hydrogens (tertiary/aromatic N) is 2. The minimum Gasteiger partial charge on any atom is -0.490 e. The van der Waals surface area contributed by atoms with Crippen molar-refractivity contribution in [3.63, 3.8) is 0 Å². The molecule has 0 radical (unpaired) electrons. The van der Waals surface area contributed by atoms with Crippen molar-refractivity contribution in [1.82, 2.24) is 9.88 Å². The number of carbonyl (C=O) groups is 1. The highest BCUT2D eigenvalue weighted by Crippen LogP contribution is 2.30. The lowest BCUT2D eigenvalue weighted by Crippen LogP contribution is -2.36.